The lowest BCUT2D eigenvalue weighted by molar-refractivity contribution is 0.372. The number of nitrogens with two attached hydrogens (primary N) is 1. The van der Waals surface area contributed by atoms with E-state index < -0.39 is 0 Å². The fraction of sp³-hybridized carbons (Fsp3) is 0.364. The molecule has 0 amide bonds. The summed E-state index contributed by atoms with van der Waals surface area (Å²) in [4.78, 5) is 2.09. The van der Waals surface area contributed by atoms with Crippen LogP contribution in [0.15, 0.2) is 24.3 Å². The van der Waals surface area contributed by atoms with Crippen LogP contribution in [0.4, 0.5) is 5.69 Å². The zero-order valence-electron chi connectivity index (χ0n) is 10.0. The lowest BCUT2D eigenvalue weighted by Crippen LogP contribution is -2.19. The zero-order chi connectivity index (χ0) is 12.3. The Bertz CT molecular complexity index is 473. The summed E-state index contributed by atoms with van der Waals surface area (Å²) in [5.41, 5.74) is 7.36. The van der Waals surface area contributed by atoms with Crippen LogP contribution in [0.2, 0.25) is 0 Å². The van der Waals surface area contributed by atoms with E-state index >= 15 is 0 Å². The number of nitrogen functional groups attached to an aromatic ring is 1. The van der Waals surface area contributed by atoms with Crippen LogP contribution in [0, 0.1) is 0 Å². The van der Waals surface area contributed by atoms with Gasteiger partial charge in [0.05, 0.1) is 6.54 Å². The van der Waals surface area contributed by atoms with Crippen LogP contribution in [-0.4, -0.2) is 45.7 Å². The summed E-state index contributed by atoms with van der Waals surface area (Å²) in [5, 5.41) is 11.7. The monoisotopic (exact) mass is 232 g/mol. The number of benzene rings is 1. The van der Waals surface area contributed by atoms with Gasteiger partial charge < -0.3 is 10.6 Å². The normalized spacial score (nSPS) is 11.0. The average molecular weight is 232 g/mol. The minimum absolute atomic E-state index is 0.737. The second kappa shape index (κ2) is 4.92. The Morgan fingerprint density at radius 1 is 1.24 bits per heavy atom. The molecule has 2 N–H and O–H groups in total. The lowest BCUT2D eigenvalue weighted by atomic mass is 10.2. The molecule has 0 fully saturated rings. The Morgan fingerprint density at radius 3 is 2.59 bits per heavy atom. The molecule has 2 rings (SSSR count). The first-order valence-electron chi connectivity index (χ1n) is 5.43. The van der Waals surface area contributed by atoms with E-state index in [0.717, 1.165) is 30.2 Å². The van der Waals surface area contributed by atoms with E-state index in [4.69, 9.17) is 5.73 Å². The van der Waals surface area contributed by atoms with Gasteiger partial charge >= 0.3 is 0 Å². The Balaban J connectivity index is 2.21. The van der Waals surface area contributed by atoms with Crippen LogP contribution in [0.5, 0.6) is 0 Å². The highest BCUT2D eigenvalue weighted by Crippen LogP contribution is 2.16. The quantitative estimate of drug-likeness (QED) is 0.776. The number of hydrogen-bond donors (Lipinski definition) is 1. The number of anilines is 1. The molecule has 17 heavy (non-hydrogen) atoms. The third-order valence-electron chi connectivity index (χ3n) is 2.46. The first-order chi connectivity index (χ1) is 8.16. The summed E-state index contributed by atoms with van der Waals surface area (Å²) in [5.74, 6) is 0.770. The topological polar surface area (TPSA) is 72.9 Å². The number of likely N-dealkylation sites (N-methyl/N-ethyl adjacent to an activating group) is 1. The Hall–Kier alpha value is -1.95. The van der Waals surface area contributed by atoms with Crippen molar-refractivity contribution in [1.29, 1.82) is 0 Å². The van der Waals surface area contributed by atoms with E-state index in [0.29, 0.717) is 0 Å². The van der Waals surface area contributed by atoms with E-state index in [1.165, 1.54) is 0 Å². The third-order valence-corrected chi connectivity index (χ3v) is 2.46. The second-order valence-corrected chi connectivity index (χ2v) is 4.15. The maximum atomic E-state index is 5.65. The summed E-state index contributed by atoms with van der Waals surface area (Å²) < 4.78 is 1.80. The first-order valence-corrected chi connectivity index (χ1v) is 5.43. The SMILES string of the molecule is CN(C)CCn1nnnc1-c1ccc(N)cc1. The van der Waals surface area contributed by atoms with Gasteiger partial charge in [0, 0.05) is 17.8 Å². The predicted molar refractivity (Wildman–Crippen MR) is 66.2 cm³/mol. The van der Waals surface area contributed by atoms with Gasteiger partial charge in [-0.2, -0.15) is 0 Å². The number of hydrogen-bond acceptors (Lipinski definition) is 5. The van der Waals surface area contributed by atoms with Crippen molar-refractivity contribution in [2.75, 3.05) is 26.4 Å². The van der Waals surface area contributed by atoms with Gasteiger partial charge in [-0.25, -0.2) is 4.68 Å². The Kier molecular flexibility index (Phi) is 3.34. The Morgan fingerprint density at radius 2 is 1.94 bits per heavy atom. The number of nitrogens with zero attached hydrogens (tertiary/aromatic N) is 5. The lowest BCUT2D eigenvalue weighted by Gasteiger charge is -2.10. The van der Waals surface area contributed by atoms with Gasteiger partial charge in [0.1, 0.15) is 0 Å². The highest BCUT2D eigenvalue weighted by Gasteiger charge is 2.08. The van der Waals surface area contributed by atoms with Gasteiger partial charge in [-0.3, -0.25) is 0 Å². The zero-order valence-corrected chi connectivity index (χ0v) is 10.0. The molecule has 2 aromatic rings. The molecule has 0 atom stereocenters. The molecule has 6 heteroatoms. The molecule has 0 aliphatic heterocycles. The van der Waals surface area contributed by atoms with Gasteiger partial charge in [-0.05, 0) is 48.8 Å². The first kappa shape index (κ1) is 11.5. The van der Waals surface area contributed by atoms with E-state index in [1.54, 1.807) is 4.68 Å². The third kappa shape index (κ3) is 2.79. The Labute approximate surface area is 100 Å². The second-order valence-electron chi connectivity index (χ2n) is 4.15. The van der Waals surface area contributed by atoms with Crippen molar-refractivity contribution in [2.24, 2.45) is 0 Å². The smallest absolute Gasteiger partial charge is 0.182 e. The van der Waals surface area contributed by atoms with E-state index in [-0.39, 0.29) is 0 Å². The molecule has 6 nitrogen and oxygen atoms in total. The van der Waals surface area contributed by atoms with Crippen LogP contribution in [0.1, 0.15) is 0 Å². The van der Waals surface area contributed by atoms with Crippen molar-refractivity contribution in [2.45, 2.75) is 6.54 Å². The summed E-state index contributed by atoms with van der Waals surface area (Å²) in [7, 11) is 4.04. The fourth-order valence-electron chi connectivity index (χ4n) is 1.49. The summed E-state index contributed by atoms with van der Waals surface area (Å²) in [6.07, 6.45) is 0. The predicted octanol–water partition coefficient (Wildman–Crippen LogP) is 0.484. The van der Waals surface area contributed by atoms with Gasteiger partial charge in [-0.1, -0.05) is 0 Å². The molecule has 0 spiro atoms. The molecule has 1 heterocycles. The van der Waals surface area contributed by atoms with Crippen LogP contribution >= 0.6 is 0 Å². The molecule has 0 aliphatic carbocycles. The molecule has 0 unspecified atom stereocenters. The molecule has 0 radical (unpaired) electrons. The van der Waals surface area contributed by atoms with Crippen molar-refractivity contribution in [3.05, 3.63) is 24.3 Å². The van der Waals surface area contributed by atoms with Crippen LogP contribution in [0.3, 0.4) is 0 Å². The van der Waals surface area contributed by atoms with Gasteiger partial charge in [0.15, 0.2) is 5.82 Å². The van der Waals surface area contributed by atoms with Crippen molar-refractivity contribution >= 4 is 5.69 Å². The van der Waals surface area contributed by atoms with Crippen molar-refractivity contribution in [1.82, 2.24) is 25.1 Å². The maximum Gasteiger partial charge on any atom is 0.182 e. The van der Waals surface area contributed by atoms with Crippen LogP contribution in [-0.2, 0) is 6.54 Å². The maximum absolute atomic E-state index is 5.65. The minimum atomic E-state index is 0.737. The van der Waals surface area contributed by atoms with Gasteiger partial charge in [0.2, 0.25) is 0 Å². The highest BCUT2D eigenvalue weighted by atomic mass is 15.5. The highest BCUT2D eigenvalue weighted by molar-refractivity contribution is 5.58. The molecule has 0 aliphatic rings. The van der Waals surface area contributed by atoms with E-state index in [9.17, 15) is 0 Å². The van der Waals surface area contributed by atoms with Gasteiger partial charge in [-0.15, -0.1) is 5.10 Å². The number of aromatic nitrogens is 4. The van der Waals surface area contributed by atoms with Crippen LogP contribution < -0.4 is 5.73 Å². The van der Waals surface area contributed by atoms with E-state index in [1.807, 2.05) is 38.4 Å². The molecule has 0 bridgehead atoms. The molecular weight excluding hydrogens is 216 g/mol. The number of rotatable bonds is 4. The molecule has 0 saturated carbocycles. The molecule has 0 saturated heterocycles. The summed E-state index contributed by atoms with van der Waals surface area (Å²) >= 11 is 0. The summed E-state index contributed by atoms with van der Waals surface area (Å²) in [6, 6.07) is 7.54. The van der Waals surface area contributed by atoms with Crippen LogP contribution in [0.25, 0.3) is 11.4 Å². The molecular formula is C11H16N6. The minimum Gasteiger partial charge on any atom is -0.399 e. The van der Waals surface area contributed by atoms with Crippen molar-refractivity contribution < 1.29 is 0 Å². The van der Waals surface area contributed by atoms with Crippen molar-refractivity contribution in [3.63, 3.8) is 0 Å². The van der Waals surface area contributed by atoms with E-state index in [2.05, 4.69) is 20.4 Å². The fourth-order valence-corrected chi connectivity index (χ4v) is 1.49. The molecule has 90 valence electrons. The molecule has 1 aromatic carbocycles. The summed E-state index contributed by atoms with van der Waals surface area (Å²) in [6.45, 7) is 1.66. The average Bonchev–Trinajstić information content (AvgIpc) is 2.75. The largest absolute Gasteiger partial charge is 0.399 e. The molecule has 1 aromatic heterocycles. The number of tetrazole rings is 1. The van der Waals surface area contributed by atoms with Gasteiger partial charge in [0.25, 0.3) is 0 Å². The van der Waals surface area contributed by atoms with Crippen molar-refractivity contribution in [3.8, 4) is 11.4 Å². The standard InChI is InChI=1S/C11H16N6/c1-16(2)7-8-17-11(13-14-15-17)9-3-5-10(12)6-4-9/h3-6H,7-8,12H2,1-2H3.